The van der Waals surface area contributed by atoms with Crippen molar-refractivity contribution in [2.24, 2.45) is 12.8 Å². The Hall–Kier alpha value is -2.11. The topological polar surface area (TPSA) is 78.7 Å². The van der Waals surface area contributed by atoms with E-state index in [1.54, 1.807) is 6.20 Å². The van der Waals surface area contributed by atoms with Gasteiger partial charge in [0, 0.05) is 38.3 Å². The summed E-state index contributed by atoms with van der Waals surface area (Å²) < 4.78 is 3.84. The number of nitrogens with zero attached hydrogens (tertiary/aromatic N) is 4. The minimum absolute atomic E-state index is 0.358. The highest BCUT2D eigenvalue weighted by molar-refractivity contribution is 5.90. The third-order valence-electron chi connectivity index (χ3n) is 3.44. The Labute approximate surface area is 104 Å². The van der Waals surface area contributed by atoms with Crippen molar-refractivity contribution >= 4 is 5.91 Å². The number of rotatable bonds is 2. The second kappa shape index (κ2) is 3.97. The van der Waals surface area contributed by atoms with Crippen LogP contribution in [0.15, 0.2) is 18.6 Å². The summed E-state index contributed by atoms with van der Waals surface area (Å²) in [5.74, 6) is 0.917. The highest BCUT2D eigenvalue weighted by Gasteiger charge is 2.23. The van der Waals surface area contributed by atoms with Gasteiger partial charge in [0.15, 0.2) is 0 Å². The lowest BCUT2D eigenvalue weighted by atomic mass is 9.94. The first-order valence-electron chi connectivity index (χ1n) is 5.98. The first-order chi connectivity index (χ1) is 8.63. The Morgan fingerprint density at radius 2 is 2.33 bits per heavy atom. The molecule has 6 heteroatoms. The van der Waals surface area contributed by atoms with E-state index < -0.39 is 5.91 Å². The summed E-state index contributed by atoms with van der Waals surface area (Å²) in [6.45, 7) is 0.835. The van der Waals surface area contributed by atoms with E-state index >= 15 is 0 Å². The number of hydrogen-bond donors (Lipinski definition) is 1. The van der Waals surface area contributed by atoms with Crippen LogP contribution in [0.1, 0.15) is 34.2 Å². The summed E-state index contributed by atoms with van der Waals surface area (Å²) in [6, 6.07) is 0. The van der Waals surface area contributed by atoms with E-state index in [4.69, 9.17) is 5.73 Å². The van der Waals surface area contributed by atoms with Crippen LogP contribution in [0.5, 0.6) is 0 Å². The number of fused-ring (bicyclic) bond motifs is 1. The van der Waals surface area contributed by atoms with E-state index in [1.807, 2.05) is 28.7 Å². The zero-order valence-corrected chi connectivity index (χ0v) is 10.2. The molecule has 94 valence electrons. The monoisotopic (exact) mass is 245 g/mol. The molecule has 1 aliphatic rings. The fourth-order valence-corrected chi connectivity index (χ4v) is 2.49. The Kier molecular flexibility index (Phi) is 2.43. The van der Waals surface area contributed by atoms with E-state index in [9.17, 15) is 4.79 Å². The molecule has 3 rings (SSSR count). The maximum absolute atomic E-state index is 11.1. The van der Waals surface area contributed by atoms with Gasteiger partial charge < -0.3 is 10.3 Å². The van der Waals surface area contributed by atoms with Gasteiger partial charge in [-0.1, -0.05) is 0 Å². The SMILES string of the molecule is Cn1cc(C2CCc3nc(C(N)=O)cn3C2)cn1. The van der Waals surface area contributed by atoms with Crippen LogP contribution >= 0.6 is 0 Å². The van der Waals surface area contributed by atoms with Crippen molar-refractivity contribution in [2.75, 3.05) is 0 Å². The molecule has 0 radical (unpaired) electrons. The smallest absolute Gasteiger partial charge is 0.268 e. The van der Waals surface area contributed by atoms with Crippen molar-refractivity contribution < 1.29 is 4.79 Å². The van der Waals surface area contributed by atoms with Gasteiger partial charge >= 0.3 is 0 Å². The minimum atomic E-state index is -0.463. The molecule has 6 nitrogen and oxygen atoms in total. The molecule has 0 saturated carbocycles. The summed E-state index contributed by atoms with van der Waals surface area (Å²) in [5, 5.41) is 4.20. The number of carbonyl (C=O) groups is 1. The van der Waals surface area contributed by atoms with Crippen LogP contribution in [0.2, 0.25) is 0 Å². The maximum atomic E-state index is 11.1. The molecule has 2 N–H and O–H groups in total. The van der Waals surface area contributed by atoms with Gasteiger partial charge in [0.2, 0.25) is 0 Å². The van der Waals surface area contributed by atoms with E-state index in [2.05, 4.69) is 10.1 Å². The molecule has 2 aromatic rings. The molecule has 0 bridgehead atoms. The number of imidazole rings is 1. The lowest BCUT2D eigenvalue weighted by molar-refractivity contribution is 0.0996. The molecule has 0 aromatic carbocycles. The average Bonchev–Trinajstić information content (AvgIpc) is 2.93. The Bertz CT molecular complexity index is 597. The molecule has 1 aliphatic heterocycles. The number of aromatic nitrogens is 4. The van der Waals surface area contributed by atoms with Gasteiger partial charge in [-0.05, 0) is 12.0 Å². The summed E-state index contributed by atoms with van der Waals surface area (Å²) in [4.78, 5) is 15.4. The number of amides is 1. The van der Waals surface area contributed by atoms with Gasteiger partial charge in [-0.25, -0.2) is 4.98 Å². The van der Waals surface area contributed by atoms with Crippen LogP contribution in [0, 0.1) is 0 Å². The van der Waals surface area contributed by atoms with Crippen LogP contribution in [0.3, 0.4) is 0 Å². The minimum Gasteiger partial charge on any atom is -0.364 e. The van der Waals surface area contributed by atoms with Gasteiger partial charge in [0.1, 0.15) is 11.5 Å². The molecule has 2 aromatic heterocycles. The van der Waals surface area contributed by atoms with E-state index in [-0.39, 0.29) is 0 Å². The Morgan fingerprint density at radius 3 is 3.00 bits per heavy atom. The molecule has 0 fully saturated rings. The summed E-state index contributed by atoms with van der Waals surface area (Å²) in [5.41, 5.74) is 6.84. The molecule has 1 unspecified atom stereocenters. The fraction of sp³-hybridized carbons (Fsp3) is 0.417. The molecule has 1 atom stereocenters. The maximum Gasteiger partial charge on any atom is 0.268 e. The van der Waals surface area contributed by atoms with E-state index in [1.165, 1.54) is 5.56 Å². The zero-order valence-electron chi connectivity index (χ0n) is 10.2. The normalized spacial score (nSPS) is 18.6. The van der Waals surface area contributed by atoms with E-state index in [0.717, 1.165) is 25.2 Å². The average molecular weight is 245 g/mol. The van der Waals surface area contributed by atoms with Crippen molar-refractivity contribution in [2.45, 2.75) is 25.3 Å². The first kappa shape index (κ1) is 11.0. The van der Waals surface area contributed by atoms with Crippen molar-refractivity contribution in [3.63, 3.8) is 0 Å². The second-order valence-corrected chi connectivity index (χ2v) is 4.74. The van der Waals surface area contributed by atoms with Crippen molar-refractivity contribution in [3.05, 3.63) is 35.7 Å². The van der Waals surface area contributed by atoms with Crippen molar-refractivity contribution in [1.82, 2.24) is 19.3 Å². The van der Waals surface area contributed by atoms with Crippen LogP contribution in [0.25, 0.3) is 0 Å². The van der Waals surface area contributed by atoms with Crippen molar-refractivity contribution in [1.29, 1.82) is 0 Å². The Balaban J connectivity index is 1.86. The van der Waals surface area contributed by atoms with Crippen LogP contribution < -0.4 is 5.73 Å². The number of hydrogen-bond acceptors (Lipinski definition) is 3. The molecule has 0 spiro atoms. The predicted octanol–water partition coefficient (Wildman–Crippen LogP) is 0.445. The molecule has 0 saturated heterocycles. The molecular weight excluding hydrogens is 230 g/mol. The van der Waals surface area contributed by atoms with Crippen LogP contribution in [-0.4, -0.2) is 25.2 Å². The largest absolute Gasteiger partial charge is 0.364 e. The quantitative estimate of drug-likeness (QED) is 0.834. The lowest BCUT2D eigenvalue weighted by Gasteiger charge is -2.22. The molecule has 3 heterocycles. The summed E-state index contributed by atoms with van der Waals surface area (Å²) in [6.07, 6.45) is 7.59. The first-order valence-corrected chi connectivity index (χ1v) is 5.98. The van der Waals surface area contributed by atoms with Crippen molar-refractivity contribution in [3.8, 4) is 0 Å². The number of nitrogens with two attached hydrogens (primary N) is 1. The van der Waals surface area contributed by atoms with E-state index in [0.29, 0.717) is 11.6 Å². The highest BCUT2D eigenvalue weighted by Crippen LogP contribution is 2.28. The zero-order chi connectivity index (χ0) is 12.7. The van der Waals surface area contributed by atoms with Gasteiger partial charge in [-0.15, -0.1) is 0 Å². The predicted molar refractivity (Wildman–Crippen MR) is 65.0 cm³/mol. The van der Waals surface area contributed by atoms with Gasteiger partial charge in [0.05, 0.1) is 6.20 Å². The van der Waals surface area contributed by atoms with Gasteiger partial charge in [-0.3, -0.25) is 9.48 Å². The highest BCUT2D eigenvalue weighted by atomic mass is 16.1. The Morgan fingerprint density at radius 1 is 1.50 bits per heavy atom. The number of aryl methyl sites for hydroxylation is 2. The summed E-state index contributed by atoms with van der Waals surface area (Å²) in [7, 11) is 1.92. The molecular formula is C12H15N5O. The second-order valence-electron chi connectivity index (χ2n) is 4.74. The molecule has 0 aliphatic carbocycles. The molecule has 1 amide bonds. The van der Waals surface area contributed by atoms with Crippen LogP contribution in [-0.2, 0) is 20.0 Å². The van der Waals surface area contributed by atoms with Gasteiger partial charge in [0.25, 0.3) is 5.91 Å². The van der Waals surface area contributed by atoms with Crippen LogP contribution in [0.4, 0.5) is 0 Å². The number of primary amides is 1. The molecule has 18 heavy (non-hydrogen) atoms. The van der Waals surface area contributed by atoms with Gasteiger partial charge in [-0.2, -0.15) is 5.10 Å². The standard InChI is InChI=1S/C12H15N5O/c1-16-5-9(4-14-16)8-2-3-11-15-10(12(13)18)7-17(11)6-8/h4-5,7-8H,2-3,6H2,1H3,(H2,13,18). The lowest BCUT2D eigenvalue weighted by Crippen LogP contribution is -2.18. The third-order valence-corrected chi connectivity index (χ3v) is 3.44. The number of carbonyl (C=O) groups excluding carboxylic acids is 1. The summed E-state index contributed by atoms with van der Waals surface area (Å²) >= 11 is 0. The fourth-order valence-electron chi connectivity index (χ4n) is 2.49. The third kappa shape index (κ3) is 1.79.